The van der Waals surface area contributed by atoms with Gasteiger partial charge in [-0.3, -0.25) is 4.79 Å². The summed E-state index contributed by atoms with van der Waals surface area (Å²) in [5, 5.41) is 2.87. The Morgan fingerprint density at radius 3 is 2.25 bits per heavy atom. The molecule has 20 heavy (non-hydrogen) atoms. The molecule has 118 valence electrons. The standard InChI is InChI=1S/C15H32N2O2Si/c1-14(2)15(18)16-10-9-12-17(3,4)11-7-8-13-20(5,6)19/h19H,1,7-13H2,2-6H3/p+1. The molecule has 0 spiro atoms. The SMILES string of the molecule is C=C(C)C(=O)NCCC[N+](C)(C)CCCC[Si](C)(C)O. The third kappa shape index (κ3) is 11.2. The van der Waals surface area contributed by atoms with Crippen LogP contribution in [-0.2, 0) is 4.79 Å². The van der Waals surface area contributed by atoms with Crippen LogP contribution in [0.2, 0.25) is 19.1 Å². The average Bonchev–Trinajstić information content (AvgIpc) is 2.29. The van der Waals surface area contributed by atoms with Crippen molar-refractivity contribution in [2.75, 3.05) is 33.7 Å². The number of hydrogen-bond donors (Lipinski definition) is 2. The van der Waals surface area contributed by atoms with Crippen molar-refractivity contribution >= 4 is 14.2 Å². The summed E-state index contributed by atoms with van der Waals surface area (Å²) < 4.78 is 0.969. The fourth-order valence-electron chi connectivity index (χ4n) is 2.07. The molecule has 2 N–H and O–H groups in total. The van der Waals surface area contributed by atoms with Crippen LogP contribution >= 0.6 is 0 Å². The first kappa shape index (κ1) is 19.3. The van der Waals surface area contributed by atoms with E-state index in [1.165, 1.54) is 0 Å². The molecule has 4 nitrogen and oxygen atoms in total. The molecule has 0 aromatic heterocycles. The van der Waals surface area contributed by atoms with Crippen molar-refractivity contribution in [1.29, 1.82) is 0 Å². The zero-order valence-corrected chi connectivity index (χ0v) is 15.0. The molecule has 0 saturated carbocycles. The number of amides is 1. The number of quaternary nitrogens is 1. The normalized spacial score (nSPS) is 12.3. The van der Waals surface area contributed by atoms with Crippen LogP contribution in [0.3, 0.4) is 0 Å². The van der Waals surface area contributed by atoms with Gasteiger partial charge in [-0.25, -0.2) is 0 Å². The van der Waals surface area contributed by atoms with Crippen LogP contribution in [0.15, 0.2) is 12.2 Å². The first-order chi connectivity index (χ1) is 9.03. The lowest BCUT2D eigenvalue weighted by Crippen LogP contribution is -2.42. The van der Waals surface area contributed by atoms with E-state index in [0.717, 1.165) is 42.9 Å². The number of unbranched alkanes of at least 4 members (excludes halogenated alkanes) is 1. The Kier molecular flexibility index (Phi) is 8.31. The van der Waals surface area contributed by atoms with E-state index in [-0.39, 0.29) is 5.91 Å². The van der Waals surface area contributed by atoms with E-state index in [1.807, 2.05) is 13.1 Å². The Balaban J connectivity index is 3.74. The summed E-state index contributed by atoms with van der Waals surface area (Å²) in [6, 6.07) is 0.988. The number of nitrogens with one attached hydrogen (secondary N) is 1. The second-order valence-corrected chi connectivity index (χ2v) is 11.2. The summed E-state index contributed by atoms with van der Waals surface area (Å²) in [6.07, 6.45) is 3.25. The Morgan fingerprint density at radius 1 is 1.20 bits per heavy atom. The number of hydrogen-bond acceptors (Lipinski definition) is 2. The fraction of sp³-hybridized carbons (Fsp3) is 0.800. The smallest absolute Gasteiger partial charge is 0.246 e. The second kappa shape index (κ2) is 8.59. The summed E-state index contributed by atoms with van der Waals surface area (Å²) in [4.78, 5) is 21.1. The Labute approximate surface area is 125 Å². The van der Waals surface area contributed by atoms with Crippen molar-refractivity contribution in [3.8, 4) is 0 Å². The maximum Gasteiger partial charge on any atom is 0.246 e. The first-order valence-electron chi connectivity index (χ1n) is 7.52. The predicted molar refractivity (Wildman–Crippen MR) is 88.0 cm³/mol. The minimum atomic E-state index is -1.87. The fourth-order valence-corrected chi connectivity index (χ4v) is 3.18. The van der Waals surface area contributed by atoms with E-state index in [9.17, 15) is 9.59 Å². The lowest BCUT2D eigenvalue weighted by atomic mass is 10.2. The number of carbonyl (C=O) groups is 1. The molecule has 0 radical (unpaired) electrons. The van der Waals surface area contributed by atoms with Crippen LogP contribution in [-0.4, -0.2) is 57.2 Å². The van der Waals surface area contributed by atoms with Gasteiger partial charge in [-0.1, -0.05) is 6.58 Å². The number of carbonyl (C=O) groups excluding carboxylic acids is 1. The Hall–Kier alpha value is -0.653. The third-order valence-electron chi connectivity index (χ3n) is 3.42. The maximum atomic E-state index is 11.3. The number of nitrogens with zero attached hydrogens (tertiary/aromatic N) is 1. The van der Waals surface area contributed by atoms with Crippen LogP contribution in [0.5, 0.6) is 0 Å². The third-order valence-corrected chi connectivity index (χ3v) is 4.99. The van der Waals surface area contributed by atoms with Gasteiger partial charge in [0.05, 0.1) is 27.2 Å². The van der Waals surface area contributed by atoms with E-state index >= 15 is 0 Å². The molecule has 0 saturated heterocycles. The first-order valence-corrected chi connectivity index (χ1v) is 10.7. The highest BCUT2D eigenvalue weighted by atomic mass is 28.4. The molecular formula is C15H33N2O2Si+. The lowest BCUT2D eigenvalue weighted by Gasteiger charge is -2.30. The van der Waals surface area contributed by atoms with Gasteiger partial charge in [0.25, 0.3) is 0 Å². The van der Waals surface area contributed by atoms with Crippen molar-refractivity contribution < 1.29 is 14.1 Å². The molecular weight excluding hydrogens is 268 g/mol. The minimum Gasteiger partial charge on any atom is -0.432 e. The maximum absolute atomic E-state index is 11.3. The van der Waals surface area contributed by atoms with Crippen molar-refractivity contribution in [3.63, 3.8) is 0 Å². The molecule has 0 bridgehead atoms. The zero-order chi connectivity index (χ0) is 15.8. The molecule has 0 fully saturated rings. The molecule has 5 heteroatoms. The van der Waals surface area contributed by atoms with Crippen molar-refractivity contribution in [3.05, 3.63) is 12.2 Å². The van der Waals surface area contributed by atoms with Crippen LogP contribution in [0.4, 0.5) is 0 Å². The highest BCUT2D eigenvalue weighted by Crippen LogP contribution is 2.12. The van der Waals surface area contributed by atoms with Gasteiger partial charge in [-0.2, -0.15) is 0 Å². The van der Waals surface area contributed by atoms with Gasteiger partial charge in [-0.05, 0) is 38.9 Å². The quantitative estimate of drug-likeness (QED) is 0.281. The van der Waals surface area contributed by atoms with Crippen molar-refractivity contribution in [2.45, 2.75) is 45.3 Å². The van der Waals surface area contributed by atoms with Gasteiger partial charge < -0.3 is 14.6 Å². The monoisotopic (exact) mass is 301 g/mol. The summed E-state index contributed by atoms with van der Waals surface area (Å²) in [6.45, 7) is 12.2. The number of rotatable bonds is 10. The second-order valence-electron chi connectivity index (χ2n) is 7.04. The van der Waals surface area contributed by atoms with Crippen LogP contribution in [0, 0.1) is 0 Å². The molecule has 1 amide bonds. The van der Waals surface area contributed by atoms with Crippen molar-refractivity contribution in [2.24, 2.45) is 0 Å². The molecule has 0 aliphatic carbocycles. The molecule has 0 rings (SSSR count). The molecule has 0 atom stereocenters. The largest absolute Gasteiger partial charge is 0.432 e. The van der Waals surface area contributed by atoms with Crippen LogP contribution in [0.25, 0.3) is 0 Å². The van der Waals surface area contributed by atoms with Crippen LogP contribution < -0.4 is 5.32 Å². The van der Waals surface area contributed by atoms with E-state index in [2.05, 4.69) is 26.0 Å². The molecule has 0 aromatic rings. The molecule has 0 heterocycles. The van der Waals surface area contributed by atoms with Gasteiger partial charge in [0, 0.05) is 18.5 Å². The average molecular weight is 302 g/mol. The van der Waals surface area contributed by atoms with Crippen molar-refractivity contribution in [1.82, 2.24) is 5.32 Å². The highest BCUT2D eigenvalue weighted by Gasteiger charge is 2.18. The molecule has 0 aliphatic heterocycles. The molecule has 0 aromatic carbocycles. The summed E-state index contributed by atoms with van der Waals surface area (Å²) in [7, 11) is 2.58. The predicted octanol–water partition coefficient (Wildman–Crippen LogP) is 2.12. The lowest BCUT2D eigenvalue weighted by molar-refractivity contribution is -0.890. The van der Waals surface area contributed by atoms with Gasteiger partial charge in [0.1, 0.15) is 0 Å². The summed E-state index contributed by atoms with van der Waals surface area (Å²) >= 11 is 0. The zero-order valence-electron chi connectivity index (χ0n) is 14.0. The van der Waals surface area contributed by atoms with Gasteiger partial charge >= 0.3 is 0 Å². The summed E-state index contributed by atoms with van der Waals surface area (Å²) in [5.41, 5.74) is 0.564. The topological polar surface area (TPSA) is 49.3 Å². The minimum absolute atomic E-state index is 0.0505. The van der Waals surface area contributed by atoms with Gasteiger partial charge in [0.2, 0.25) is 5.91 Å². The van der Waals surface area contributed by atoms with E-state index in [4.69, 9.17) is 0 Å². The molecule has 0 unspecified atom stereocenters. The summed E-state index contributed by atoms with van der Waals surface area (Å²) in [5.74, 6) is -0.0505. The van der Waals surface area contributed by atoms with E-state index in [1.54, 1.807) is 6.92 Å². The molecule has 0 aliphatic rings. The van der Waals surface area contributed by atoms with E-state index < -0.39 is 8.32 Å². The Morgan fingerprint density at radius 2 is 1.75 bits per heavy atom. The highest BCUT2D eigenvalue weighted by molar-refractivity contribution is 6.69. The Bertz CT molecular complexity index is 322. The van der Waals surface area contributed by atoms with E-state index in [0.29, 0.717) is 12.1 Å². The van der Waals surface area contributed by atoms with Gasteiger partial charge in [0.15, 0.2) is 8.32 Å². The van der Waals surface area contributed by atoms with Crippen LogP contribution in [0.1, 0.15) is 26.2 Å². The van der Waals surface area contributed by atoms with Gasteiger partial charge in [-0.15, -0.1) is 0 Å².